The van der Waals surface area contributed by atoms with E-state index in [0.717, 1.165) is 25.0 Å². The molecule has 0 aliphatic carbocycles. The lowest BCUT2D eigenvalue weighted by atomic mass is 10.1. The minimum atomic E-state index is 0.0390. The third-order valence-electron chi connectivity index (χ3n) is 4.16. The molecular weight excluding hydrogens is 300 g/mol. The molecule has 0 saturated carbocycles. The number of carbonyl (C=O) groups excluding carboxylic acids is 1. The van der Waals surface area contributed by atoms with Crippen LogP contribution in [-0.4, -0.2) is 17.0 Å². The molecule has 24 heavy (non-hydrogen) atoms. The van der Waals surface area contributed by atoms with Gasteiger partial charge in [0.2, 0.25) is 5.91 Å². The van der Waals surface area contributed by atoms with Crippen LogP contribution in [0.2, 0.25) is 0 Å². The van der Waals surface area contributed by atoms with E-state index in [0.29, 0.717) is 19.5 Å². The van der Waals surface area contributed by atoms with Crippen LogP contribution in [0, 0.1) is 13.8 Å². The summed E-state index contributed by atoms with van der Waals surface area (Å²) in [7, 11) is 0. The number of unbranched alkanes of at least 4 members (excludes halogenated alkanes) is 1. The van der Waals surface area contributed by atoms with Crippen LogP contribution in [-0.2, 0) is 17.8 Å². The van der Waals surface area contributed by atoms with Crippen molar-refractivity contribution in [1.29, 1.82) is 0 Å². The molecule has 4 heteroatoms. The van der Waals surface area contributed by atoms with E-state index in [-0.39, 0.29) is 11.5 Å². The summed E-state index contributed by atoms with van der Waals surface area (Å²) in [5.74, 6) is 0.0867. The number of nitrogens with zero attached hydrogens (tertiary/aromatic N) is 1. The maximum Gasteiger partial charge on any atom is 0.250 e. The first kappa shape index (κ1) is 18.0. The summed E-state index contributed by atoms with van der Waals surface area (Å²) in [5, 5.41) is 2.95. The molecule has 0 atom stereocenters. The predicted molar refractivity (Wildman–Crippen MR) is 97.2 cm³/mol. The molecule has 2 aromatic rings. The first-order valence-corrected chi connectivity index (χ1v) is 8.55. The number of benzene rings is 1. The van der Waals surface area contributed by atoms with E-state index >= 15 is 0 Å². The number of rotatable bonds is 8. The van der Waals surface area contributed by atoms with Gasteiger partial charge in [-0.2, -0.15) is 0 Å². The summed E-state index contributed by atoms with van der Waals surface area (Å²) in [5.41, 5.74) is 3.44. The van der Waals surface area contributed by atoms with Gasteiger partial charge in [-0.15, -0.1) is 0 Å². The molecule has 1 aromatic heterocycles. The molecule has 0 aliphatic heterocycles. The molecule has 0 radical (unpaired) electrons. The van der Waals surface area contributed by atoms with Gasteiger partial charge in [0.1, 0.15) is 0 Å². The molecule has 0 bridgehead atoms. The molecule has 0 saturated heterocycles. The molecular formula is C20H26N2O2. The molecule has 1 heterocycles. The van der Waals surface area contributed by atoms with Gasteiger partial charge in [0, 0.05) is 31.3 Å². The van der Waals surface area contributed by atoms with Crippen LogP contribution >= 0.6 is 0 Å². The molecule has 0 fully saturated rings. The Morgan fingerprint density at radius 2 is 1.79 bits per heavy atom. The summed E-state index contributed by atoms with van der Waals surface area (Å²) < 4.78 is 1.78. The zero-order chi connectivity index (χ0) is 17.4. The lowest BCUT2D eigenvalue weighted by Crippen LogP contribution is -2.25. The van der Waals surface area contributed by atoms with Gasteiger partial charge < -0.3 is 9.88 Å². The summed E-state index contributed by atoms with van der Waals surface area (Å²) in [6.45, 7) is 5.36. The highest BCUT2D eigenvalue weighted by Gasteiger charge is 2.03. The second-order valence-corrected chi connectivity index (χ2v) is 6.20. The average molecular weight is 326 g/mol. The molecule has 4 nitrogen and oxygen atoms in total. The predicted octanol–water partition coefficient (Wildman–Crippen LogP) is 2.99. The van der Waals surface area contributed by atoms with Crippen molar-refractivity contribution in [3.63, 3.8) is 0 Å². The lowest BCUT2D eigenvalue weighted by molar-refractivity contribution is -0.121. The fraction of sp³-hybridized carbons (Fsp3) is 0.400. The lowest BCUT2D eigenvalue weighted by Gasteiger charge is -2.09. The van der Waals surface area contributed by atoms with Crippen molar-refractivity contribution in [2.75, 3.05) is 6.54 Å². The number of hydrogen-bond acceptors (Lipinski definition) is 2. The molecule has 0 aliphatic rings. The SMILES string of the molecule is Cc1ccc(CCC(=O)NCCCCn2c(C)cccc2=O)cc1. The van der Waals surface area contributed by atoms with Crippen molar-refractivity contribution in [1.82, 2.24) is 9.88 Å². The monoisotopic (exact) mass is 326 g/mol. The Morgan fingerprint density at radius 1 is 1.04 bits per heavy atom. The third kappa shape index (κ3) is 5.69. The number of pyridine rings is 1. The van der Waals surface area contributed by atoms with Gasteiger partial charge in [0.25, 0.3) is 5.56 Å². The van der Waals surface area contributed by atoms with Crippen LogP contribution in [0.25, 0.3) is 0 Å². The third-order valence-corrected chi connectivity index (χ3v) is 4.16. The van der Waals surface area contributed by atoms with E-state index in [1.807, 2.05) is 13.0 Å². The second-order valence-electron chi connectivity index (χ2n) is 6.20. The Hall–Kier alpha value is -2.36. The molecule has 0 unspecified atom stereocenters. The zero-order valence-corrected chi connectivity index (χ0v) is 14.5. The van der Waals surface area contributed by atoms with Gasteiger partial charge in [0.05, 0.1) is 0 Å². The van der Waals surface area contributed by atoms with E-state index in [1.165, 1.54) is 11.1 Å². The van der Waals surface area contributed by atoms with E-state index in [9.17, 15) is 9.59 Å². The van der Waals surface area contributed by atoms with Crippen LogP contribution in [0.1, 0.15) is 36.1 Å². The largest absolute Gasteiger partial charge is 0.356 e. The highest BCUT2D eigenvalue weighted by molar-refractivity contribution is 5.76. The molecule has 2 rings (SSSR count). The topological polar surface area (TPSA) is 51.1 Å². The Kier molecular flexibility index (Phi) is 6.79. The number of amides is 1. The first-order chi connectivity index (χ1) is 11.6. The maximum absolute atomic E-state index is 11.9. The van der Waals surface area contributed by atoms with Crippen molar-refractivity contribution in [2.24, 2.45) is 0 Å². The number of nitrogens with one attached hydrogen (secondary N) is 1. The standard InChI is InChI=1S/C20H26N2O2/c1-16-8-10-18(11-9-16)12-13-19(23)21-14-3-4-15-22-17(2)6-5-7-20(22)24/h5-11H,3-4,12-15H2,1-2H3,(H,21,23). The number of aromatic nitrogens is 1. The van der Waals surface area contributed by atoms with Gasteiger partial charge in [-0.1, -0.05) is 35.9 Å². The van der Waals surface area contributed by atoms with Crippen LogP contribution in [0.3, 0.4) is 0 Å². The normalized spacial score (nSPS) is 10.6. The van der Waals surface area contributed by atoms with Gasteiger partial charge in [0.15, 0.2) is 0 Å². The van der Waals surface area contributed by atoms with Crippen molar-refractivity contribution in [3.05, 3.63) is 69.6 Å². The van der Waals surface area contributed by atoms with Crippen LogP contribution in [0.5, 0.6) is 0 Å². The molecule has 1 N–H and O–H groups in total. The van der Waals surface area contributed by atoms with Crippen molar-refractivity contribution < 1.29 is 4.79 Å². The summed E-state index contributed by atoms with van der Waals surface area (Å²) in [6.07, 6.45) is 3.03. The summed E-state index contributed by atoms with van der Waals surface area (Å²) >= 11 is 0. The summed E-state index contributed by atoms with van der Waals surface area (Å²) in [6, 6.07) is 13.6. The Morgan fingerprint density at radius 3 is 2.50 bits per heavy atom. The van der Waals surface area contributed by atoms with Crippen molar-refractivity contribution in [3.8, 4) is 0 Å². The molecule has 1 aromatic carbocycles. The highest BCUT2D eigenvalue weighted by Crippen LogP contribution is 2.05. The Balaban J connectivity index is 1.62. The summed E-state index contributed by atoms with van der Waals surface area (Å²) in [4.78, 5) is 23.6. The minimum Gasteiger partial charge on any atom is -0.356 e. The van der Waals surface area contributed by atoms with Gasteiger partial charge in [-0.3, -0.25) is 9.59 Å². The fourth-order valence-electron chi connectivity index (χ4n) is 2.63. The van der Waals surface area contributed by atoms with E-state index in [4.69, 9.17) is 0 Å². The maximum atomic E-state index is 11.9. The van der Waals surface area contributed by atoms with Crippen molar-refractivity contribution >= 4 is 5.91 Å². The van der Waals surface area contributed by atoms with E-state index < -0.39 is 0 Å². The van der Waals surface area contributed by atoms with Crippen LogP contribution in [0.15, 0.2) is 47.3 Å². The van der Waals surface area contributed by atoms with Crippen LogP contribution < -0.4 is 10.9 Å². The molecule has 0 spiro atoms. The van der Waals surface area contributed by atoms with E-state index in [2.05, 4.69) is 36.5 Å². The number of carbonyl (C=O) groups is 1. The number of hydrogen-bond donors (Lipinski definition) is 1. The average Bonchev–Trinajstić information content (AvgIpc) is 2.56. The Bertz CT molecular complexity index is 717. The second kappa shape index (κ2) is 9.06. The van der Waals surface area contributed by atoms with E-state index in [1.54, 1.807) is 16.7 Å². The molecule has 1 amide bonds. The smallest absolute Gasteiger partial charge is 0.250 e. The van der Waals surface area contributed by atoms with Gasteiger partial charge >= 0.3 is 0 Å². The first-order valence-electron chi connectivity index (χ1n) is 8.55. The van der Waals surface area contributed by atoms with Crippen LogP contribution in [0.4, 0.5) is 0 Å². The van der Waals surface area contributed by atoms with Gasteiger partial charge in [-0.05, 0) is 44.7 Å². The quantitative estimate of drug-likeness (QED) is 0.758. The minimum absolute atomic E-state index is 0.0390. The van der Waals surface area contributed by atoms with Crippen molar-refractivity contribution in [2.45, 2.75) is 46.1 Å². The highest BCUT2D eigenvalue weighted by atomic mass is 16.1. The Labute approximate surface area is 143 Å². The number of aryl methyl sites for hydroxylation is 3. The fourth-order valence-corrected chi connectivity index (χ4v) is 2.63. The molecule has 128 valence electrons. The van der Waals surface area contributed by atoms with Gasteiger partial charge in [-0.25, -0.2) is 0 Å². The zero-order valence-electron chi connectivity index (χ0n) is 14.5.